The molecular weight excluding hydrogens is 332 g/mol. The number of hydrazine groups is 1. The second-order valence-electron chi connectivity index (χ2n) is 4.72. The van der Waals surface area contributed by atoms with Gasteiger partial charge in [-0.1, -0.05) is 28.1 Å². The van der Waals surface area contributed by atoms with Gasteiger partial charge < -0.3 is 9.47 Å². The van der Waals surface area contributed by atoms with E-state index in [0.717, 1.165) is 27.1 Å². The fourth-order valence-electron chi connectivity index (χ4n) is 2.22. The Labute approximate surface area is 133 Å². The predicted molar refractivity (Wildman–Crippen MR) is 87.6 cm³/mol. The molecule has 0 aromatic heterocycles. The molecule has 0 fully saturated rings. The van der Waals surface area contributed by atoms with Crippen LogP contribution in [-0.4, -0.2) is 14.2 Å². The van der Waals surface area contributed by atoms with Crippen LogP contribution in [0.15, 0.2) is 40.9 Å². The van der Waals surface area contributed by atoms with Gasteiger partial charge in [-0.2, -0.15) is 0 Å². The molecule has 112 valence electrons. The molecule has 2 aromatic rings. The van der Waals surface area contributed by atoms with Crippen molar-refractivity contribution in [2.45, 2.75) is 13.0 Å². The van der Waals surface area contributed by atoms with Gasteiger partial charge in [0.25, 0.3) is 0 Å². The number of nitrogens with one attached hydrogen (secondary N) is 1. The van der Waals surface area contributed by atoms with Crippen molar-refractivity contribution in [3.05, 3.63) is 57.6 Å². The largest absolute Gasteiger partial charge is 0.497 e. The monoisotopic (exact) mass is 350 g/mol. The van der Waals surface area contributed by atoms with Crippen molar-refractivity contribution in [1.29, 1.82) is 0 Å². The number of hydrogen-bond donors (Lipinski definition) is 2. The molecule has 2 aromatic carbocycles. The Kier molecular flexibility index (Phi) is 5.22. The van der Waals surface area contributed by atoms with E-state index >= 15 is 0 Å². The van der Waals surface area contributed by atoms with Crippen molar-refractivity contribution in [2.75, 3.05) is 14.2 Å². The highest BCUT2D eigenvalue weighted by Gasteiger charge is 2.18. The van der Waals surface area contributed by atoms with Crippen LogP contribution in [-0.2, 0) is 0 Å². The van der Waals surface area contributed by atoms with E-state index in [-0.39, 0.29) is 6.04 Å². The van der Waals surface area contributed by atoms with Crippen LogP contribution in [0.3, 0.4) is 0 Å². The number of methoxy groups -OCH3 is 2. The number of nitrogens with two attached hydrogens (primary N) is 1. The first-order valence-corrected chi connectivity index (χ1v) is 7.34. The third kappa shape index (κ3) is 3.37. The molecule has 0 spiro atoms. The number of hydrogen-bond acceptors (Lipinski definition) is 4. The van der Waals surface area contributed by atoms with Crippen molar-refractivity contribution in [1.82, 2.24) is 5.43 Å². The number of aryl methyl sites for hydroxylation is 1. The molecule has 0 aliphatic heterocycles. The second kappa shape index (κ2) is 6.93. The van der Waals surface area contributed by atoms with Crippen molar-refractivity contribution in [2.24, 2.45) is 5.84 Å². The molecule has 3 N–H and O–H groups in total. The number of rotatable bonds is 5. The lowest BCUT2D eigenvalue weighted by Gasteiger charge is -2.21. The number of ether oxygens (including phenoxy) is 2. The van der Waals surface area contributed by atoms with Crippen LogP contribution in [0.1, 0.15) is 22.7 Å². The van der Waals surface area contributed by atoms with Crippen molar-refractivity contribution >= 4 is 15.9 Å². The minimum atomic E-state index is -0.188. The molecule has 0 radical (unpaired) electrons. The first-order valence-electron chi connectivity index (χ1n) is 6.54. The molecule has 21 heavy (non-hydrogen) atoms. The van der Waals surface area contributed by atoms with Crippen LogP contribution in [0.4, 0.5) is 0 Å². The maximum atomic E-state index is 5.78. The third-order valence-electron chi connectivity index (χ3n) is 3.44. The molecule has 2 rings (SSSR count). The summed E-state index contributed by atoms with van der Waals surface area (Å²) >= 11 is 3.56. The predicted octanol–water partition coefficient (Wildman–Crippen LogP) is 3.33. The molecule has 0 bridgehead atoms. The lowest BCUT2D eigenvalue weighted by Crippen LogP contribution is -2.29. The minimum absolute atomic E-state index is 0.188. The van der Waals surface area contributed by atoms with Crippen molar-refractivity contribution < 1.29 is 9.47 Å². The fraction of sp³-hybridized carbons (Fsp3) is 0.250. The summed E-state index contributed by atoms with van der Waals surface area (Å²) in [5, 5.41) is 0. The van der Waals surface area contributed by atoms with E-state index in [4.69, 9.17) is 15.3 Å². The van der Waals surface area contributed by atoms with Gasteiger partial charge in [-0.15, -0.1) is 0 Å². The lowest BCUT2D eigenvalue weighted by atomic mass is 9.97. The summed E-state index contributed by atoms with van der Waals surface area (Å²) in [4.78, 5) is 0. The van der Waals surface area contributed by atoms with E-state index in [0.29, 0.717) is 0 Å². The van der Waals surface area contributed by atoms with Gasteiger partial charge in [-0.05, 0) is 42.3 Å². The van der Waals surface area contributed by atoms with Crippen LogP contribution in [0.2, 0.25) is 0 Å². The lowest BCUT2D eigenvalue weighted by molar-refractivity contribution is 0.394. The smallest absolute Gasteiger partial charge is 0.124 e. The molecule has 0 saturated heterocycles. The Bertz CT molecular complexity index is 632. The van der Waals surface area contributed by atoms with Gasteiger partial charge >= 0.3 is 0 Å². The summed E-state index contributed by atoms with van der Waals surface area (Å²) in [5.41, 5.74) is 5.99. The Balaban J connectivity index is 2.51. The summed E-state index contributed by atoms with van der Waals surface area (Å²) in [6, 6.07) is 11.6. The third-order valence-corrected chi connectivity index (χ3v) is 4.30. The van der Waals surface area contributed by atoms with E-state index in [1.165, 1.54) is 5.56 Å². The normalized spacial score (nSPS) is 12.0. The first-order chi connectivity index (χ1) is 10.1. The molecule has 0 amide bonds. The van der Waals surface area contributed by atoms with Crippen LogP contribution < -0.4 is 20.7 Å². The summed E-state index contributed by atoms with van der Waals surface area (Å²) in [5.74, 6) is 7.30. The minimum Gasteiger partial charge on any atom is -0.497 e. The zero-order valence-corrected chi connectivity index (χ0v) is 13.9. The number of benzene rings is 2. The average Bonchev–Trinajstić information content (AvgIpc) is 2.51. The summed E-state index contributed by atoms with van der Waals surface area (Å²) in [7, 11) is 3.28. The maximum Gasteiger partial charge on any atom is 0.124 e. The highest BCUT2D eigenvalue weighted by Crippen LogP contribution is 2.34. The molecule has 0 saturated carbocycles. The molecule has 4 nitrogen and oxygen atoms in total. The Morgan fingerprint density at radius 3 is 2.43 bits per heavy atom. The standard InChI is InChI=1S/C16H19BrN2O2/c1-10-4-5-11(8-14(10)17)16(19-18)13-9-12(20-2)6-7-15(13)21-3/h4-9,16,19H,18H2,1-3H3. The van der Waals surface area contributed by atoms with E-state index in [1.54, 1.807) is 14.2 Å². The summed E-state index contributed by atoms with van der Waals surface area (Å²) in [6.07, 6.45) is 0. The SMILES string of the molecule is COc1ccc(OC)c(C(NN)c2ccc(C)c(Br)c2)c1. The average molecular weight is 351 g/mol. The highest BCUT2D eigenvalue weighted by molar-refractivity contribution is 9.10. The molecule has 0 heterocycles. The van der Waals surface area contributed by atoms with Crippen molar-refractivity contribution in [3.8, 4) is 11.5 Å². The quantitative estimate of drug-likeness (QED) is 0.641. The summed E-state index contributed by atoms with van der Waals surface area (Å²) in [6.45, 7) is 2.05. The maximum absolute atomic E-state index is 5.78. The topological polar surface area (TPSA) is 56.5 Å². The zero-order chi connectivity index (χ0) is 15.4. The molecule has 1 atom stereocenters. The molecular formula is C16H19BrN2O2. The van der Waals surface area contributed by atoms with E-state index in [9.17, 15) is 0 Å². The highest BCUT2D eigenvalue weighted by atomic mass is 79.9. The second-order valence-corrected chi connectivity index (χ2v) is 5.57. The van der Waals surface area contributed by atoms with E-state index < -0.39 is 0 Å². The van der Waals surface area contributed by atoms with Gasteiger partial charge in [0, 0.05) is 10.0 Å². The zero-order valence-electron chi connectivity index (χ0n) is 12.3. The van der Waals surface area contributed by atoms with E-state index in [2.05, 4.69) is 33.5 Å². The first kappa shape index (κ1) is 15.8. The van der Waals surface area contributed by atoms with Gasteiger partial charge in [-0.25, -0.2) is 5.43 Å². The van der Waals surface area contributed by atoms with Crippen LogP contribution in [0.25, 0.3) is 0 Å². The molecule has 5 heteroatoms. The Morgan fingerprint density at radius 2 is 1.86 bits per heavy atom. The van der Waals surface area contributed by atoms with Crippen LogP contribution in [0.5, 0.6) is 11.5 Å². The van der Waals surface area contributed by atoms with Gasteiger partial charge in [0.15, 0.2) is 0 Å². The van der Waals surface area contributed by atoms with Gasteiger partial charge in [0.05, 0.1) is 20.3 Å². The Hall–Kier alpha value is -1.56. The van der Waals surface area contributed by atoms with Crippen LogP contribution >= 0.6 is 15.9 Å². The molecule has 1 unspecified atom stereocenters. The number of halogens is 1. The fourth-order valence-corrected chi connectivity index (χ4v) is 2.62. The summed E-state index contributed by atoms with van der Waals surface area (Å²) < 4.78 is 11.8. The molecule has 0 aliphatic carbocycles. The van der Waals surface area contributed by atoms with E-state index in [1.807, 2.05) is 31.2 Å². The van der Waals surface area contributed by atoms with Gasteiger partial charge in [0.1, 0.15) is 11.5 Å². The van der Waals surface area contributed by atoms with Gasteiger partial charge in [0.2, 0.25) is 0 Å². The van der Waals surface area contributed by atoms with Gasteiger partial charge in [-0.3, -0.25) is 5.84 Å². The molecule has 0 aliphatic rings. The van der Waals surface area contributed by atoms with Crippen molar-refractivity contribution in [3.63, 3.8) is 0 Å². The van der Waals surface area contributed by atoms with Crippen LogP contribution in [0, 0.1) is 6.92 Å². The Morgan fingerprint density at radius 1 is 1.10 bits per heavy atom.